The van der Waals surface area contributed by atoms with E-state index in [9.17, 15) is 26.7 Å². The molecule has 0 saturated heterocycles. The van der Waals surface area contributed by atoms with Gasteiger partial charge in [0, 0.05) is 0 Å². The van der Waals surface area contributed by atoms with Crippen LogP contribution in [0.15, 0.2) is 76.5 Å². The highest BCUT2D eigenvalue weighted by atomic mass is 32.2. The van der Waals surface area contributed by atoms with Gasteiger partial charge in [0.1, 0.15) is 0 Å². The van der Waals surface area contributed by atoms with Crippen LogP contribution in [0.4, 0.5) is 13.2 Å². The smallest absolute Gasteiger partial charge is 0.376 e. The van der Waals surface area contributed by atoms with Crippen LogP contribution in [0.25, 0.3) is 11.1 Å². The maximum atomic E-state index is 13.0. The number of sulfone groups is 1. The van der Waals surface area contributed by atoms with Crippen LogP contribution in [0.2, 0.25) is 0 Å². The maximum absolute atomic E-state index is 13.0. The molecular formula is C23H18F3NO3S. The van der Waals surface area contributed by atoms with Gasteiger partial charge in [0.2, 0.25) is 9.84 Å². The van der Waals surface area contributed by atoms with Gasteiger partial charge in [-0.1, -0.05) is 36.4 Å². The molecule has 160 valence electrons. The summed E-state index contributed by atoms with van der Waals surface area (Å²) in [5, 5.41) is 18.6. The standard InChI is InChI=1S/C23H18F3NO3S/c1-15-13-18(17-5-3-16(14-27)4-6-17)7-12-21(15)31(29,30)20-10-8-19(9-11-20)22(2,28)23(24,25)26/h3-13,28H,1-2H3. The molecule has 0 fully saturated rings. The van der Waals surface area contributed by atoms with E-state index in [1.807, 2.05) is 6.07 Å². The Kier molecular flexibility index (Phi) is 5.70. The van der Waals surface area contributed by atoms with Crippen molar-refractivity contribution in [3.05, 3.63) is 83.4 Å². The molecule has 3 aromatic rings. The lowest BCUT2D eigenvalue weighted by molar-refractivity contribution is -0.258. The van der Waals surface area contributed by atoms with Crippen LogP contribution in [0.1, 0.15) is 23.6 Å². The van der Waals surface area contributed by atoms with Crippen molar-refractivity contribution >= 4 is 9.84 Å². The zero-order chi connectivity index (χ0) is 23.0. The van der Waals surface area contributed by atoms with Crippen molar-refractivity contribution in [2.75, 3.05) is 0 Å². The van der Waals surface area contributed by atoms with Crippen LogP contribution in [-0.2, 0) is 15.4 Å². The zero-order valence-electron chi connectivity index (χ0n) is 16.6. The number of alkyl halides is 3. The van der Waals surface area contributed by atoms with E-state index >= 15 is 0 Å². The van der Waals surface area contributed by atoms with E-state index in [0.717, 1.165) is 35.4 Å². The molecule has 1 unspecified atom stereocenters. The number of halogens is 3. The Morgan fingerprint density at radius 1 is 0.903 bits per heavy atom. The molecule has 0 aliphatic heterocycles. The molecule has 4 nitrogen and oxygen atoms in total. The van der Waals surface area contributed by atoms with E-state index in [2.05, 4.69) is 0 Å². The van der Waals surface area contributed by atoms with Crippen LogP contribution in [-0.4, -0.2) is 19.7 Å². The highest BCUT2D eigenvalue weighted by molar-refractivity contribution is 7.91. The van der Waals surface area contributed by atoms with Crippen LogP contribution in [0.3, 0.4) is 0 Å². The number of nitrogens with zero attached hydrogens (tertiary/aromatic N) is 1. The van der Waals surface area contributed by atoms with Crippen molar-refractivity contribution in [1.29, 1.82) is 5.26 Å². The average molecular weight is 445 g/mol. The minimum Gasteiger partial charge on any atom is -0.376 e. The lowest BCUT2D eigenvalue weighted by Crippen LogP contribution is -2.39. The SMILES string of the molecule is Cc1cc(-c2ccc(C#N)cc2)ccc1S(=O)(=O)c1ccc(C(C)(O)C(F)(F)F)cc1. The van der Waals surface area contributed by atoms with Crippen molar-refractivity contribution in [3.8, 4) is 17.2 Å². The van der Waals surface area contributed by atoms with Gasteiger partial charge in [-0.05, 0) is 66.4 Å². The van der Waals surface area contributed by atoms with Gasteiger partial charge in [-0.2, -0.15) is 18.4 Å². The summed E-state index contributed by atoms with van der Waals surface area (Å²) < 4.78 is 65.1. The molecule has 0 aliphatic carbocycles. The van der Waals surface area contributed by atoms with Crippen molar-refractivity contribution < 1.29 is 26.7 Å². The highest BCUT2D eigenvalue weighted by Gasteiger charge is 2.51. The summed E-state index contributed by atoms with van der Waals surface area (Å²) in [6.07, 6.45) is -4.90. The fourth-order valence-corrected chi connectivity index (χ4v) is 4.60. The van der Waals surface area contributed by atoms with Gasteiger partial charge in [-0.15, -0.1) is 0 Å². The quantitative estimate of drug-likeness (QED) is 0.604. The zero-order valence-corrected chi connectivity index (χ0v) is 17.4. The first-order chi connectivity index (χ1) is 14.4. The minimum absolute atomic E-state index is 0.0280. The first kappa shape index (κ1) is 22.5. The summed E-state index contributed by atoms with van der Waals surface area (Å²) in [4.78, 5) is -0.149. The number of benzene rings is 3. The van der Waals surface area contributed by atoms with Crippen molar-refractivity contribution in [3.63, 3.8) is 0 Å². The lowest BCUT2D eigenvalue weighted by atomic mass is 9.96. The second-order valence-corrected chi connectivity index (χ2v) is 9.19. The molecule has 1 atom stereocenters. The summed E-state index contributed by atoms with van der Waals surface area (Å²) in [6.45, 7) is 2.24. The van der Waals surface area contributed by atoms with E-state index < -0.39 is 27.2 Å². The normalized spacial score (nSPS) is 14.0. The lowest BCUT2D eigenvalue weighted by Gasteiger charge is -2.26. The summed E-state index contributed by atoms with van der Waals surface area (Å²) in [5.41, 5.74) is -0.997. The fraction of sp³-hybridized carbons (Fsp3) is 0.174. The second-order valence-electron chi connectivity index (χ2n) is 7.27. The average Bonchev–Trinajstić information content (AvgIpc) is 2.73. The van der Waals surface area contributed by atoms with Gasteiger partial charge >= 0.3 is 6.18 Å². The molecule has 3 rings (SSSR count). The van der Waals surface area contributed by atoms with Gasteiger partial charge in [-0.25, -0.2) is 8.42 Å². The summed E-state index contributed by atoms with van der Waals surface area (Å²) in [6, 6.07) is 17.7. The molecule has 0 radical (unpaired) electrons. The van der Waals surface area contributed by atoms with Gasteiger partial charge in [0.05, 0.1) is 21.4 Å². The van der Waals surface area contributed by atoms with Crippen LogP contribution < -0.4 is 0 Å². The van der Waals surface area contributed by atoms with E-state index in [0.29, 0.717) is 18.1 Å². The third kappa shape index (κ3) is 4.20. The molecule has 0 saturated carbocycles. The Labute approximate surface area is 178 Å². The molecule has 3 aromatic carbocycles. The number of nitriles is 1. The predicted molar refractivity (Wildman–Crippen MR) is 109 cm³/mol. The summed E-state index contributed by atoms with van der Waals surface area (Å²) in [7, 11) is -3.98. The van der Waals surface area contributed by atoms with Gasteiger partial charge in [0.25, 0.3) is 0 Å². The first-order valence-electron chi connectivity index (χ1n) is 9.14. The molecule has 0 bridgehead atoms. The molecule has 1 N–H and O–H groups in total. The van der Waals surface area contributed by atoms with E-state index in [-0.39, 0.29) is 9.79 Å². The molecule has 0 amide bonds. The molecule has 0 aliphatic rings. The molecule has 31 heavy (non-hydrogen) atoms. The van der Waals surface area contributed by atoms with Gasteiger partial charge in [-0.3, -0.25) is 0 Å². The maximum Gasteiger partial charge on any atom is 0.421 e. The Hall–Kier alpha value is -3.15. The number of hydrogen-bond donors (Lipinski definition) is 1. The first-order valence-corrected chi connectivity index (χ1v) is 10.6. The third-order valence-corrected chi connectivity index (χ3v) is 7.02. The van der Waals surface area contributed by atoms with Crippen LogP contribution in [0, 0.1) is 18.3 Å². The molecule has 8 heteroatoms. The summed E-state index contributed by atoms with van der Waals surface area (Å²) in [5.74, 6) is 0. The molecule has 0 aromatic heterocycles. The number of hydrogen-bond acceptors (Lipinski definition) is 4. The highest BCUT2D eigenvalue weighted by Crippen LogP contribution is 2.39. The Morgan fingerprint density at radius 3 is 1.94 bits per heavy atom. The Morgan fingerprint density at radius 2 is 1.45 bits per heavy atom. The van der Waals surface area contributed by atoms with Crippen molar-refractivity contribution in [2.24, 2.45) is 0 Å². The van der Waals surface area contributed by atoms with Gasteiger partial charge in [0.15, 0.2) is 5.60 Å². The Balaban J connectivity index is 1.96. The monoisotopic (exact) mass is 445 g/mol. The number of aryl methyl sites for hydroxylation is 1. The van der Waals surface area contributed by atoms with Crippen LogP contribution >= 0.6 is 0 Å². The van der Waals surface area contributed by atoms with Gasteiger partial charge < -0.3 is 5.11 Å². The second kappa shape index (κ2) is 7.84. The van der Waals surface area contributed by atoms with Crippen LogP contribution in [0.5, 0.6) is 0 Å². The fourth-order valence-electron chi connectivity index (χ4n) is 3.12. The van der Waals surface area contributed by atoms with E-state index in [4.69, 9.17) is 5.26 Å². The largest absolute Gasteiger partial charge is 0.421 e. The molecular weight excluding hydrogens is 427 g/mol. The number of rotatable bonds is 4. The molecule has 0 spiro atoms. The van der Waals surface area contributed by atoms with Crippen molar-refractivity contribution in [2.45, 2.75) is 35.4 Å². The van der Waals surface area contributed by atoms with Crippen molar-refractivity contribution in [1.82, 2.24) is 0 Å². The minimum atomic E-state index is -4.90. The Bertz CT molecular complexity index is 1260. The number of aliphatic hydroxyl groups is 1. The van der Waals surface area contributed by atoms with E-state index in [1.54, 1.807) is 43.3 Å². The molecule has 0 heterocycles. The third-order valence-electron chi connectivity index (χ3n) is 5.09. The summed E-state index contributed by atoms with van der Waals surface area (Å²) >= 11 is 0. The predicted octanol–water partition coefficient (Wildman–Crippen LogP) is 5.14. The van der Waals surface area contributed by atoms with E-state index in [1.165, 1.54) is 6.07 Å². The topological polar surface area (TPSA) is 78.2 Å².